The van der Waals surface area contributed by atoms with Gasteiger partial charge in [0.05, 0.1) is 31.3 Å². The number of aliphatic hydroxyl groups is 3. The number of aliphatic hydroxyl groups excluding tert-OH is 3. The van der Waals surface area contributed by atoms with E-state index in [2.05, 4.69) is 0 Å². The van der Waals surface area contributed by atoms with E-state index >= 15 is 0 Å². The van der Waals surface area contributed by atoms with E-state index in [0.717, 1.165) is 19.2 Å². The lowest BCUT2D eigenvalue weighted by molar-refractivity contribution is -0.290. The van der Waals surface area contributed by atoms with Crippen LogP contribution in [0, 0.1) is 28.6 Å². The fraction of sp³-hybridized carbons (Fsp3) is 0.548. The number of halogens is 3. The molecule has 3 aliphatic carbocycles. The van der Waals surface area contributed by atoms with Gasteiger partial charge in [-0.25, -0.2) is 14.4 Å². The number of carbonyl (C=O) groups excluding carboxylic acids is 4. The molecule has 0 amide bonds. The van der Waals surface area contributed by atoms with Crippen LogP contribution >= 0.6 is 0 Å². The summed E-state index contributed by atoms with van der Waals surface area (Å²) in [6, 6.07) is 6.43. The van der Waals surface area contributed by atoms with Gasteiger partial charge < -0.3 is 34.3 Å². The molecule has 5 aliphatic rings. The zero-order valence-corrected chi connectivity index (χ0v) is 24.4. The molecule has 0 radical (unpaired) electrons. The molecule has 0 aromatic heterocycles. The fourth-order valence-corrected chi connectivity index (χ4v) is 9.08. The maximum absolute atomic E-state index is 14.0. The highest BCUT2D eigenvalue weighted by Gasteiger charge is 2.85. The molecule has 1 aromatic rings. The highest BCUT2D eigenvalue weighted by Crippen LogP contribution is 2.72. The van der Waals surface area contributed by atoms with Crippen LogP contribution in [0.2, 0.25) is 0 Å². The van der Waals surface area contributed by atoms with Gasteiger partial charge in [-0.3, -0.25) is 4.79 Å². The predicted octanol–water partition coefficient (Wildman–Crippen LogP) is 2.20. The van der Waals surface area contributed by atoms with E-state index in [9.17, 15) is 47.7 Å². The minimum atomic E-state index is -5.00. The smallest absolute Gasteiger partial charge is 0.417 e. The van der Waals surface area contributed by atoms with Crippen LogP contribution in [0.25, 0.3) is 5.57 Å². The number of carbonyl (C=O) groups is 4. The molecule has 1 aromatic carbocycles. The Labute approximate surface area is 254 Å². The summed E-state index contributed by atoms with van der Waals surface area (Å²) < 4.78 is 64.2. The van der Waals surface area contributed by atoms with Crippen LogP contribution < -0.4 is 0 Å². The summed E-state index contributed by atoms with van der Waals surface area (Å²) in [5.41, 5.74) is -6.66. The van der Waals surface area contributed by atoms with Crippen molar-refractivity contribution in [2.45, 2.75) is 62.9 Å². The van der Waals surface area contributed by atoms with Crippen molar-refractivity contribution in [3.05, 3.63) is 53.3 Å². The Morgan fingerprint density at radius 1 is 1.11 bits per heavy atom. The molecule has 1 spiro atoms. The van der Waals surface area contributed by atoms with Gasteiger partial charge in [0, 0.05) is 23.8 Å². The molecule has 2 bridgehead atoms. The van der Waals surface area contributed by atoms with Gasteiger partial charge in [-0.1, -0.05) is 37.3 Å². The third kappa shape index (κ3) is 4.07. The molecule has 4 fully saturated rings. The van der Waals surface area contributed by atoms with Crippen LogP contribution in [0.3, 0.4) is 0 Å². The standard InChI is InChI=1S/C31H31F3O11/c1-13-15-9-18-29-12-43-30(27(41)42-3,25(39)21(38)23(29)28(15,2)11-17(35)20(13)37)24(29)22(26(40)44-18)45-19(36)10-16(31(32,33)34)14-7-5-4-6-8-14/h4-8,10,15,18,21-25,37-39H,9,11-12H2,1-3H3/b16-10-/t15?,18-,21-,22-,23?,24-,25-,28+,29-,30+/m1/s1. The first kappa shape index (κ1) is 31.2. The third-order valence-corrected chi connectivity index (χ3v) is 10.7. The number of fused-ring (bicyclic) bond motifs is 2. The Balaban J connectivity index is 1.50. The average molecular weight is 637 g/mol. The van der Waals surface area contributed by atoms with E-state index in [1.165, 1.54) is 25.1 Å². The lowest BCUT2D eigenvalue weighted by Crippen LogP contribution is -2.79. The van der Waals surface area contributed by atoms with Crippen LogP contribution in [0.4, 0.5) is 13.2 Å². The van der Waals surface area contributed by atoms with E-state index < -0.39 is 106 Å². The number of ketones is 1. The largest absolute Gasteiger partial charge is 0.504 e. The Kier molecular flexibility index (Phi) is 7.03. The number of hydrogen-bond donors (Lipinski definition) is 3. The molecule has 2 unspecified atom stereocenters. The summed E-state index contributed by atoms with van der Waals surface area (Å²) in [5.74, 6) is -8.44. The first-order valence-electron chi connectivity index (χ1n) is 14.3. The molecule has 10 atom stereocenters. The Hall–Kier alpha value is -3.75. The van der Waals surface area contributed by atoms with Gasteiger partial charge in [0.15, 0.2) is 11.5 Å². The second-order valence-electron chi connectivity index (χ2n) is 12.7. The fourth-order valence-electron chi connectivity index (χ4n) is 9.08. The van der Waals surface area contributed by atoms with Crippen molar-refractivity contribution in [3.8, 4) is 0 Å². The van der Waals surface area contributed by atoms with E-state index in [1.54, 1.807) is 6.92 Å². The van der Waals surface area contributed by atoms with E-state index in [-0.39, 0.29) is 24.5 Å². The number of ether oxygens (including phenoxy) is 4. The molecular weight excluding hydrogens is 605 g/mol. The molecule has 2 saturated heterocycles. The molecule has 242 valence electrons. The van der Waals surface area contributed by atoms with Crippen molar-refractivity contribution in [3.63, 3.8) is 0 Å². The van der Waals surface area contributed by atoms with Crippen molar-refractivity contribution in [1.29, 1.82) is 0 Å². The Bertz CT molecular complexity index is 1540. The van der Waals surface area contributed by atoms with Crippen LogP contribution in [-0.2, 0) is 38.1 Å². The normalized spacial score (nSPS) is 40.7. The summed E-state index contributed by atoms with van der Waals surface area (Å²) in [6.45, 7) is 2.79. The van der Waals surface area contributed by atoms with E-state index in [0.29, 0.717) is 5.57 Å². The van der Waals surface area contributed by atoms with Gasteiger partial charge in [-0.05, 0) is 35.8 Å². The average Bonchev–Trinajstić information content (AvgIpc) is 3.29. The van der Waals surface area contributed by atoms with Crippen LogP contribution in [-0.4, -0.2) is 88.9 Å². The summed E-state index contributed by atoms with van der Waals surface area (Å²) in [6.07, 6.45) is -12.2. The molecule has 11 nitrogen and oxygen atoms in total. The van der Waals surface area contributed by atoms with Crippen molar-refractivity contribution in [2.75, 3.05) is 13.7 Å². The number of Topliss-reactive ketones (excluding diaryl/α,β-unsaturated/α-hetero) is 1. The topological polar surface area (TPSA) is 166 Å². The van der Waals surface area contributed by atoms with Crippen molar-refractivity contribution in [1.82, 2.24) is 0 Å². The van der Waals surface area contributed by atoms with Crippen molar-refractivity contribution < 1.29 is 66.6 Å². The highest BCUT2D eigenvalue weighted by molar-refractivity contribution is 5.96. The Morgan fingerprint density at radius 3 is 2.40 bits per heavy atom. The van der Waals surface area contributed by atoms with Gasteiger partial charge in [-0.2, -0.15) is 13.2 Å². The molecule has 2 aliphatic heterocycles. The third-order valence-electron chi connectivity index (χ3n) is 10.7. The zero-order valence-electron chi connectivity index (χ0n) is 24.4. The van der Waals surface area contributed by atoms with Crippen LogP contribution in [0.1, 0.15) is 32.3 Å². The maximum atomic E-state index is 14.0. The molecule has 3 N–H and O–H groups in total. The van der Waals surface area contributed by atoms with Crippen molar-refractivity contribution in [2.24, 2.45) is 28.6 Å². The molecule has 45 heavy (non-hydrogen) atoms. The maximum Gasteiger partial charge on any atom is 0.417 e. The first-order valence-corrected chi connectivity index (χ1v) is 14.3. The molecule has 14 heteroatoms. The minimum absolute atomic E-state index is 0.00857. The second-order valence-corrected chi connectivity index (χ2v) is 12.7. The lowest BCUT2D eigenvalue weighted by Gasteiger charge is -2.67. The molecular formula is C31H31F3O11. The summed E-state index contributed by atoms with van der Waals surface area (Å²) in [5, 5.41) is 33.8. The first-order chi connectivity index (χ1) is 21.1. The van der Waals surface area contributed by atoms with Crippen LogP contribution in [0.5, 0.6) is 0 Å². The Morgan fingerprint density at radius 2 is 1.78 bits per heavy atom. The summed E-state index contributed by atoms with van der Waals surface area (Å²) in [7, 11) is 0.976. The number of methoxy groups -OCH3 is 1. The second kappa shape index (κ2) is 10.1. The number of hydrogen-bond acceptors (Lipinski definition) is 11. The molecule has 2 saturated carbocycles. The number of esters is 3. The van der Waals surface area contributed by atoms with Crippen molar-refractivity contribution >= 4 is 29.3 Å². The summed E-state index contributed by atoms with van der Waals surface area (Å²) in [4.78, 5) is 53.2. The quantitative estimate of drug-likeness (QED) is 0.252. The summed E-state index contributed by atoms with van der Waals surface area (Å²) >= 11 is 0. The number of benzene rings is 1. The lowest BCUT2D eigenvalue weighted by atomic mass is 9.38. The monoisotopic (exact) mass is 636 g/mol. The van der Waals surface area contributed by atoms with E-state index in [1.807, 2.05) is 0 Å². The number of alkyl halides is 3. The molecule has 6 rings (SSSR count). The molecule has 2 heterocycles. The predicted molar refractivity (Wildman–Crippen MR) is 144 cm³/mol. The van der Waals surface area contributed by atoms with Gasteiger partial charge in [0.2, 0.25) is 11.7 Å². The van der Waals surface area contributed by atoms with Gasteiger partial charge in [0.1, 0.15) is 12.2 Å². The zero-order chi connectivity index (χ0) is 32.9. The SMILES string of the molecule is COC(=O)[C@@]12OC[C@]34C([C@@H](O)[C@H]1O)[C@@]1(C)CC(=O)C(O)=C(C)C1C[C@H]3OC(=O)[C@H](OC(=O)/C=C(/c1ccccc1)C(F)(F)F)[C@@H]24. The minimum Gasteiger partial charge on any atom is -0.504 e. The van der Waals surface area contributed by atoms with Gasteiger partial charge >= 0.3 is 24.1 Å². The van der Waals surface area contributed by atoms with Crippen LogP contribution in [0.15, 0.2) is 47.7 Å². The number of allylic oxidation sites excluding steroid dienone is 3. The van der Waals surface area contributed by atoms with Gasteiger partial charge in [0.25, 0.3) is 0 Å². The van der Waals surface area contributed by atoms with E-state index in [4.69, 9.17) is 18.9 Å². The van der Waals surface area contributed by atoms with Gasteiger partial charge in [-0.15, -0.1) is 0 Å². The number of rotatable bonds is 4. The highest BCUT2D eigenvalue weighted by atomic mass is 19.4.